The van der Waals surface area contributed by atoms with Gasteiger partial charge in [0.2, 0.25) is 0 Å². The Morgan fingerprint density at radius 1 is 1.53 bits per heavy atom. The molecule has 3 N–H and O–H groups in total. The summed E-state index contributed by atoms with van der Waals surface area (Å²) in [7, 11) is 0. The van der Waals surface area contributed by atoms with Crippen molar-refractivity contribution in [3.63, 3.8) is 0 Å². The molecule has 0 bridgehead atoms. The van der Waals surface area contributed by atoms with Crippen LogP contribution in [0.3, 0.4) is 0 Å². The Kier molecular flexibility index (Phi) is 2.93. The Balaban J connectivity index is 2.23. The summed E-state index contributed by atoms with van der Waals surface area (Å²) in [6.07, 6.45) is 0.418. The fourth-order valence-electron chi connectivity index (χ4n) is 2.01. The summed E-state index contributed by atoms with van der Waals surface area (Å²) in [5.41, 5.74) is 8.48. The average molecular weight is 207 g/mol. The van der Waals surface area contributed by atoms with Crippen molar-refractivity contribution in [1.29, 1.82) is 0 Å². The molecular formula is C12H17NO2. The van der Waals surface area contributed by atoms with Gasteiger partial charge in [-0.2, -0.15) is 0 Å². The molecule has 0 spiro atoms. The minimum atomic E-state index is -0.493. The van der Waals surface area contributed by atoms with E-state index in [0.717, 1.165) is 24.2 Å². The number of aliphatic hydroxyl groups excluding tert-OH is 1. The number of rotatable bonds is 2. The Labute approximate surface area is 89.9 Å². The zero-order chi connectivity index (χ0) is 10.8. The number of hydrogen-bond donors (Lipinski definition) is 2. The van der Waals surface area contributed by atoms with Gasteiger partial charge in [0.05, 0.1) is 12.7 Å². The minimum Gasteiger partial charge on any atom is -0.398 e. The second-order valence-corrected chi connectivity index (χ2v) is 4.20. The number of nitrogen functional groups attached to an aromatic ring is 1. The van der Waals surface area contributed by atoms with Crippen LogP contribution in [0.25, 0.3) is 0 Å². The Morgan fingerprint density at radius 3 is 3.00 bits per heavy atom. The topological polar surface area (TPSA) is 55.5 Å². The number of ether oxygens (including phenoxy) is 1. The SMILES string of the molecule is Cc1ccc(N)c(C(O)C2CCOC2)c1. The molecule has 0 aromatic heterocycles. The first-order valence-corrected chi connectivity index (χ1v) is 5.30. The van der Waals surface area contributed by atoms with E-state index >= 15 is 0 Å². The maximum Gasteiger partial charge on any atom is 0.0860 e. The van der Waals surface area contributed by atoms with Crippen LogP contribution in [-0.2, 0) is 4.74 Å². The molecule has 3 nitrogen and oxygen atoms in total. The van der Waals surface area contributed by atoms with Crippen LogP contribution in [0.15, 0.2) is 18.2 Å². The van der Waals surface area contributed by atoms with Crippen LogP contribution in [0.5, 0.6) is 0 Å². The first-order valence-electron chi connectivity index (χ1n) is 5.30. The van der Waals surface area contributed by atoms with Crippen LogP contribution in [-0.4, -0.2) is 18.3 Å². The molecule has 0 radical (unpaired) electrons. The van der Waals surface area contributed by atoms with Gasteiger partial charge < -0.3 is 15.6 Å². The molecule has 1 aromatic rings. The van der Waals surface area contributed by atoms with Crippen molar-refractivity contribution in [3.05, 3.63) is 29.3 Å². The summed E-state index contributed by atoms with van der Waals surface area (Å²) in [6, 6.07) is 5.76. The van der Waals surface area contributed by atoms with Crippen LogP contribution in [0.2, 0.25) is 0 Å². The van der Waals surface area contributed by atoms with Crippen molar-refractivity contribution in [1.82, 2.24) is 0 Å². The smallest absolute Gasteiger partial charge is 0.0860 e. The quantitative estimate of drug-likeness (QED) is 0.725. The third-order valence-corrected chi connectivity index (χ3v) is 2.97. The normalized spacial score (nSPS) is 22.9. The molecule has 15 heavy (non-hydrogen) atoms. The van der Waals surface area contributed by atoms with Gasteiger partial charge in [0.25, 0.3) is 0 Å². The molecule has 2 rings (SSSR count). The molecule has 1 saturated heterocycles. The largest absolute Gasteiger partial charge is 0.398 e. The van der Waals surface area contributed by atoms with Crippen molar-refractivity contribution in [3.8, 4) is 0 Å². The van der Waals surface area contributed by atoms with Crippen molar-refractivity contribution < 1.29 is 9.84 Å². The molecule has 0 amide bonds. The molecule has 1 aliphatic heterocycles. The number of hydrogen-bond acceptors (Lipinski definition) is 3. The minimum absolute atomic E-state index is 0.189. The molecule has 1 aliphatic rings. The van der Waals surface area contributed by atoms with Gasteiger partial charge >= 0.3 is 0 Å². The predicted molar refractivity (Wildman–Crippen MR) is 59.5 cm³/mol. The summed E-state index contributed by atoms with van der Waals surface area (Å²) in [6.45, 7) is 3.38. The molecule has 0 saturated carbocycles. The van der Waals surface area contributed by atoms with E-state index in [1.54, 1.807) is 0 Å². The molecule has 82 valence electrons. The lowest BCUT2D eigenvalue weighted by molar-refractivity contribution is 0.0923. The molecule has 1 fully saturated rings. The highest BCUT2D eigenvalue weighted by Crippen LogP contribution is 2.32. The van der Waals surface area contributed by atoms with Crippen LogP contribution >= 0.6 is 0 Å². The van der Waals surface area contributed by atoms with Gasteiger partial charge in [0, 0.05) is 23.8 Å². The van der Waals surface area contributed by atoms with Gasteiger partial charge in [-0.1, -0.05) is 17.7 Å². The zero-order valence-electron chi connectivity index (χ0n) is 8.94. The molecule has 2 atom stereocenters. The Morgan fingerprint density at radius 2 is 2.33 bits per heavy atom. The highest BCUT2D eigenvalue weighted by atomic mass is 16.5. The van der Waals surface area contributed by atoms with E-state index in [2.05, 4.69) is 0 Å². The number of nitrogens with two attached hydrogens (primary N) is 1. The van der Waals surface area contributed by atoms with E-state index in [0.29, 0.717) is 12.3 Å². The van der Waals surface area contributed by atoms with Gasteiger partial charge in [0.15, 0.2) is 0 Å². The number of anilines is 1. The maximum absolute atomic E-state index is 10.2. The third-order valence-electron chi connectivity index (χ3n) is 2.97. The van der Waals surface area contributed by atoms with Gasteiger partial charge in [-0.15, -0.1) is 0 Å². The van der Waals surface area contributed by atoms with Crippen molar-refractivity contribution >= 4 is 5.69 Å². The summed E-state index contributed by atoms with van der Waals surface area (Å²) in [5.74, 6) is 0.189. The predicted octanol–water partition coefficient (Wildman–Crippen LogP) is 1.65. The molecule has 0 aliphatic carbocycles. The van der Waals surface area contributed by atoms with Gasteiger partial charge in [0.1, 0.15) is 0 Å². The van der Waals surface area contributed by atoms with Gasteiger partial charge in [-0.05, 0) is 19.4 Å². The monoisotopic (exact) mass is 207 g/mol. The molecule has 1 heterocycles. The van der Waals surface area contributed by atoms with Crippen LogP contribution in [0, 0.1) is 12.8 Å². The lowest BCUT2D eigenvalue weighted by atomic mass is 9.93. The highest BCUT2D eigenvalue weighted by Gasteiger charge is 2.26. The van der Waals surface area contributed by atoms with Gasteiger partial charge in [-0.25, -0.2) is 0 Å². The van der Waals surface area contributed by atoms with Crippen molar-refractivity contribution in [2.45, 2.75) is 19.4 Å². The number of aliphatic hydroxyl groups is 1. The fourth-order valence-corrected chi connectivity index (χ4v) is 2.01. The Bertz CT molecular complexity index is 345. The van der Waals surface area contributed by atoms with E-state index in [9.17, 15) is 5.11 Å². The third kappa shape index (κ3) is 2.13. The second-order valence-electron chi connectivity index (χ2n) is 4.20. The second kappa shape index (κ2) is 4.21. The molecule has 2 unspecified atom stereocenters. The molecular weight excluding hydrogens is 190 g/mol. The summed E-state index contributed by atoms with van der Waals surface area (Å²) in [4.78, 5) is 0. The standard InChI is InChI=1S/C12H17NO2/c1-8-2-3-11(13)10(6-8)12(14)9-4-5-15-7-9/h2-3,6,9,12,14H,4-5,7,13H2,1H3. The lowest BCUT2D eigenvalue weighted by Gasteiger charge is -2.19. The highest BCUT2D eigenvalue weighted by molar-refractivity contribution is 5.49. The number of aryl methyl sites for hydroxylation is 1. The van der Waals surface area contributed by atoms with E-state index in [4.69, 9.17) is 10.5 Å². The maximum atomic E-state index is 10.2. The van der Waals surface area contributed by atoms with Crippen molar-refractivity contribution in [2.75, 3.05) is 18.9 Å². The fraction of sp³-hybridized carbons (Fsp3) is 0.500. The lowest BCUT2D eigenvalue weighted by Crippen LogP contribution is -2.14. The van der Waals surface area contributed by atoms with Crippen molar-refractivity contribution in [2.24, 2.45) is 5.92 Å². The first-order chi connectivity index (χ1) is 7.18. The molecule has 1 aromatic carbocycles. The van der Waals surface area contributed by atoms with Gasteiger partial charge in [-0.3, -0.25) is 0 Å². The van der Waals surface area contributed by atoms with Crippen LogP contribution in [0.4, 0.5) is 5.69 Å². The van der Waals surface area contributed by atoms with E-state index in [-0.39, 0.29) is 5.92 Å². The van der Waals surface area contributed by atoms with Crippen LogP contribution < -0.4 is 5.73 Å². The zero-order valence-corrected chi connectivity index (χ0v) is 8.94. The van der Waals surface area contributed by atoms with E-state index < -0.39 is 6.10 Å². The van der Waals surface area contributed by atoms with E-state index in [1.807, 2.05) is 25.1 Å². The molecule has 3 heteroatoms. The number of benzene rings is 1. The first kappa shape index (κ1) is 10.5. The summed E-state index contributed by atoms with van der Waals surface area (Å²) in [5, 5.41) is 10.2. The summed E-state index contributed by atoms with van der Waals surface area (Å²) >= 11 is 0. The summed E-state index contributed by atoms with van der Waals surface area (Å²) < 4.78 is 5.27. The van der Waals surface area contributed by atoms with Crippen LogP contribution in [0.1, 0.15) is 23.7 Å². The van der Waals surface area contributed by atoms with E-state index in [1.165, 1.54) is 0 Å². The average Bonchev–Trinajstić information content (AvgIpc) is 2.74. The Hall–Kier alpha value is -1.06.